The summed E-state index contributed by atoms with van der Waals surface area (Å²) in [5.41, 5.74) is 1.08. The number of alkyl halides is 1. The number of fused-ring (bicyclic) bond motifs is 1. The van der Waals surface area contributed by atoms with E-state index in [1.165, 1.54) is 20.1 Å². The Hall–Kier alpha value is -3.40. The molecule has 1 saturated heterocycles. The number of rotatable bonds is 7. The number of aryl methyl sites for hydroxylation is 1. The van der Waals surface area contributed by atoms with Crippen molar-refractivity contribution >= 4 is 22.8 Å². The number of anilines is 1. The normalized spacial score (nSPS) is 16.2. The third-order valence-electron chi connectivity index (χ3n) is 6.71. The second-order valence-corrected chi connectivity index (χ2v) is 9.26. The zero-order chi connectivity index (χ0) is 26.0. The molecule has 1 aromatic carbocycles. The Morgan fingerprint density at radius 2 is 1.94 bits per heavy atom. The lowest BCUT2D eigenvalue weighted by Gasteiger charge is -2.31. The van der Waals surface area contributed by atoms with E-state index < -0.39 is 18.0 Å². The molecule has 0 radical (unpaired) electrons. The van der Waals surface area contributed by atoms with Crippen LogP contribution in [0.4, 0.5) is 14.6 Å². The van der Waals surface area contributed by atoms with E-state index in [9.17, 15) is 18.4 Å². The SMILES string of the molecule is COCC(=O)N1CCC(c2cc3c(N[C@H](C)c4cccc(C(C)F)c4F)nc(C)nc3[nH]c2=O)CC1. The van der Waals surface area contributed by atoms with Gasteiger partial charge in [0.1, 0.15) is 35.9 Å². The van der Waals surface area contributed by atoms with E-state index in [-0.39, 0.29) is 29.6 Å². The molecule has 2 atom stereocenters. The van der Waals surface area contributed by atoms with Crippen LogP contribution in [-0.4, -0.2) is 52.6 Å². The van der Waals surface area contributed by atoms with Gasteiger partial charge >= 0.3 is 0 Å². The monoisotopic (exact) mass is 499 g/mol. The zero-order valence-electron chi connectivity index (χ0n) is 20.9. The summed E-state index contributed by atoms with van der Waals surface area (Å²) < 4.78 is 33.8. The van der Waals surface area contributed by atoms with Gasteiger partial charge in [-0.15, -0.1) is 0 Å². The Bertz CT molecular complexity index is 1320. The highest BCUT2D eigenvalue weighted by molar-refractivity contribution is 5.87. The fourth-order valence-electron chi connectivity index (χ4n) is 4.77. The first-order valence-corrected chi connectivity index (χ1v) is 12.1. The summed E-state index contributed by atoms with van der Waals surface area (Å²) in [7, 11) is 1.49. The molecule has 0 spiro atoms. The minimum absolute atomic E-state index is 0.00631. The van der Waals surface area contributed by atoms with Gasteiger partial charge in [0.25, 0.3) is 5.56 Å². The van der Waals surface area contributed by atoms with Crippen LogP contribution in [0.1, 0.15) is 67.3 Å². The molecular weight excluding hydrogens is 468 g/mol. The number of pyridine rings is 1. The van der Waals surface area contributed by atoms with Crippen molar-refractivity contribution in [3.8, 4) is 0 Å². The molecule has 4 rings (SSSR count). The first-order chi connectivity index (χ1) is 17.2. The van der Waals surface area contributed by atoms with Crippen LogP contribution in [0.15, 0.2) is 29.1 Å². The number of likely N-dealkylation sites (tertiary alicyclic amines) is 1. The van der Waals surface area contributed by atoms with E-state index in [4.69, 9.17) is 4.74 Å². The van der Waals surface area contributed by atoms with Crippen molar-refractivity contribution in [2.45, 2.75) is 51.7 Å². The highest BCUT2D eigenvalue weighted by Gasteiger charge is 2.26. The number of carbonyl (C=O) groups is 1. The number of hydrogen-bond acceptors (Lipinski definition) is 6. The number of aromatic amines is 1. The maximum Gasteiger partial charge on any atom is 0.253 e. The van der Waals surface area contributed by atoms with Gasteiger partial charge in [0.05, 0.1) is 11.4 Å². The van der Waals surface area contributed by atoms with Crippen molar-refractivity contribution in [3.05, 3.63) is 63.0 Å². The van der Waals surface area contributed by atoms with Gasteiger partial charge in [0, 0.05) is 36.9 Å². The van der Waals surface area contributed by atoms with E-state index in [2.05, 4.69) is 20.3 Å². The number of amides is 1. The maximum absolute atomic E-state index is 15.0. The second-order valence-electron chi connectivity index (χ2n) is 9.26. The molecule has 1 aliphatic rings. The number of benzene rings is 1. The molecule has 1 unspecified atom stereocenters. The van der Waals surface area contributed by atoms with Crippen LogP contribution in [0.2, 0.25) is 0 Å². The maximum atomic E-state index is 15.0. The summed E-state index contributed by atoms with van der Waals surface area (Å²) in [6.45, 7) is 5.91. The summed E-state index contributed by atoms with van der Waals surface area (Å²) in [6.07, 6.45) is -0.131. The van der Waals surface area contributed by atoms with Crippen molar-refractivity contribution in [2.75, 3.05) is 32.1 Å². The van der Waals surface area contributed by atoms with Crippen molar-refractivity contribution < 1.29 is 18.3 Å². The smallest absolute Gasteiger partial charge is 0.253 e. The lowest BCUT2D eigenvalue weighted by atomic mass is 9.89. The molecule has 1 amide bonds. The van der Waals surface area contributed by atoms with Gasteiger partial charge in [0.15, 0.2) is 0 Å². The van der Waals surface area contributed by atoms with Crippen LogP contribution in [0, 0.1) is 12.7 Å². The van der Waals surface area contributed by atoms with Gasteiger partial charge < -0.3 is 19.9 Å². The van der Waals surface area contributed by atoms with Gasteiger partial charge in [-0.1, -0.05) is 18.2 Å². The number of methoxy groups -OCH3 is 1. The first kappa shape index (κ1) is 25.7. The molecule has 192 valence electrons. The van der Waals surface area contributed by atoms with E-state index >= 15 is 0 Å². The topological polar surface area (TPSA) is 100 Å². The highest BCUT2D eigenvalue weighted by Crippen LogP contribution is 2.31. The Labute approximate surface area is 208 Å². The standard InChI is InChI=1S/C26H31F2N5O3/c1-14(27)18-6-5-7-19(23(18)28)15(2)29-24-21-12-20(26(35)32-25(21)31-16(3)30-24)17-8-10-33(11-9-17)22(34)13-36-4/h5-7,12,14-15,17H,8-11,13H2,1-4H3,(H2,29,30,31,32,35)/t14?,15-/m1/s1. The molecule has 36 heavy (non-hydrogen) atoms. The largest absolute Gasteiger partial charge is 0.375 e. The van der Waals surface area contributed by atoms with Crippen LogP contribution in [0.5, 0.6) is 0 Å². The Morgan fingerprint density at radius 1 is 1.25 bits per heavy atom. The fourth-order valence-corrected chi connectivity index (χ4v) is 4.77. The van der Waals surface area contributed by atoms with E-state index in [1.54, 1.807) is 36.9 Å². The molecule has 0 saturated carbocycles. The number of piperidine rings is 1. The average molecular weight is 500 g/mol. The molecular formula is C26H31F2N5O3. The number of hydrogen-bond donors (Lipinski definition) is 2. The van der Waals surface area contributed by atoms with Crippen LogP contribution in [-0.2, 0) is 9.53 Å². The Kier molecular flexibility index (Phi) is 7.63. The number of halogens is 2. The lowest BCUT2D eigenvalue weighted by molar-refractivity contribution is -0.136. The molecule has 2 N–H and O–H groups in total. The lowest BCUT2D eigenvalue weighted by Crippen LogP contribution is -2.40. The van der Waals surface area contributed by atoms with E-state index in [0.29, 0.717) is 59.7 Å². The van der Waals surface area contributed by atoms with Crippen molar-refractivity contribution in [1.82, 2.24) is 19.9 Å². The quantitative estimate of drug-likeness (QED) is 0.502. The molecule has 1 aliphatic heterocycles. The van der Waals surface area contributed by atoms with Gasteiger partial charge in [0.2, 0.25) is 5.91 Å². The molecule has 8 nitrogen and oxygen atoms in total. The van der Waals surface area contributed by atoms with Crippen LogP contribution in [0.3, 0.4) is 0 Å². The van der Waals surface area contributed by atoms with E-state index in [1.807, 2.05) is 0 Å². The third kappa shape index (κ3) is 5.23. The number of carbonyl (C=O) groups excluding carboxylic acids is 1. The summed E-state index contributed by atoms with van der Waals surface area (Å²) >= 11 is 0. The first-order valence-electron chi connectivity index (χ1n) is 12.1. The van der Waals surface area contributed by atoms with Crippen LogP contribution >= 0.6 is 0 Å². The van der Waals surface area contributed by atoms with Crippen molar-refractivity contribution in [3.63, 3.8) is 0 Å². The second kappa shape index (κ2) is 10.7. The number of ether oxygens (including phenoxy) is 1. The molecule has 0 aliphatic carbocycles. The van der Waals surface area contributed by atoms with Crippen molar-refractivity contribution in [1.29, 1.82) is 0 Å². The number of aromatic nitrogens is 3. The average Bonchev–Trinajstić information content (AvgIpc) is 2.83. The summed E-state index contributed by atoms with van der Waals surface area (Å²) in [4.78, 5) is 38.6. The fraction of sp³-hybridized carbons (Fsp3) is 0.462. The molecule has 3 heterocycles. The van der Waals surface area contributed by atoms with Crippen LogP contribution < -0.4 is 10.9 Å². The molecule has 3 aromatic rings. The predicted octanol–water partition coefficient (Wildman–Crippen LogP) is 4.32. The number of nitrogens with one attached hydrogen (secondary N) is 2. The van der Waals surface area contributed by atoms with Gasteiger partial charge in [-0.05, 0) is 45.6 Å². The van der Waals surface area contributed by atoms with Crippen molar-refractivity contribution in [2.24, 2.45) is 0 Å². The molecule has 1 fully saturated rings. The minimum Gasteiger partial charge on any atom is -0.375 e. The molecule has 10 heteroatoms. The molecule has 0 bridgehead atoms. The van der Waals surface area contributed by atoms with Gasteiger partial charge in [-0.3, -0.25) is 9.59 Å². The van der Waals surface area contributed by atoms with Gasteiger partial charge in [-0.25, -0.2) is 18.7 Å². The zero-order valence-corrected chi connectivity index (χ0v) is 20.9. The van der Waals surface area contributed by atoms with Crippen LogP contribution in [0.25, 0.3) is 11.0 Å². The van der Waals surface area contributed by atoms with Gasteiger partial charge in [-0.2, -0.15) is 0 Å². The Balaban J connectivity index is 1.64. The summed E-state index contributed by atoms with van der Waals surface area (Å²) in [5, 5.41) is 3.84. The Morgan fingerprint density at radius 3 is 2.61 bits per heavy atom. The summed E-state index contributed by atoms with van der Waals surface area (Å²) in [5.74, 6) is 0.208. The minimum atomic E-state index is -1.43. The highest BCUT2D eigenvalue weighted by atomic mass is 19.1. The molecule has 2 aromatic heterocycles. The summed E-state index contributed by atoms with van der Waals surface area (Å²) in [6, 6.07) is 5.94. The van der Waals surface area contributed by atoms with E-state index in [0.717, 1.165) is 0 Å². The predicted molar refractivity (Wildman–Crippen MR) is 133 cm³/mol. The number of H-pyrrole nitrogens is 1. The number of nitrogens with zero attached hydrogens (tertiary/aromatic N) is 3. The third-order valence-corrected chi connectivity index (χ3v) is 6.71.